The topological polar surface area (TPSA) is 70.2 Å². The number of rotatable bonds is 5. The number of hydrogen-bond donors (Lipinski definition) is 2. The molecule has 21 heavy (non-hydrogen) atoms. The predicted octanol–water partition coefficient (Wildman–Crippen LogP) is 0.806. The van der Waals surface area contributed by atoms with Crippen molar-refractivity contribution in [2.75, 3.05) is 37.6 Å². The van der Waals surface area contributed by atoms with Crippen LogP contribution in [0.2, 0.25) is 0 Å². The van der Waals surface area contributed by atoms with Crippen LogP contribution in [0, 0.1) is 5.92 Å². The fourth-order valence-electron chi connectivity index (χ4n) is 2.58. The minimum Gasteiger partial charge on any atom is -0.354 e. The predicted molar refractivity (Wildman–Crippen MR) is 81.4 cm³/mol. The van der Waals surface area contributed by atoms with E-state index in [-0.39, 0.29) is 5.91 Å². The van der Waals surface area contributed by atoms with Gasteiger partial charge in [0.2, 0.25) is 0 Å². The molecule has 0 radical (unpaired) electrons. The SMILES string of the molecule is O=C(NCCC1CC1)c1ccc(N2CCCNCC2)nn1. The first kappa shape index (κ1) is 14.3. The fraction of sp³-hybridized carbons (Fsp3) is 0.667. The van der Waals surface area contributed by atoms with Crippen LogP contribution in [0.5, 0.6) is 0 Å². The number of carbonyl (C=O) groups excluding carboxylic acids is 1. The molecule has 0 spiro atoms. The average molecular weight is 289 g/mol. The molecule has 1 aliphatic heterocycles. The lowest BCUT2D eigenvalue weighted by molar-refractivity contribution is 0.0946. The van der Waals surface area contributed by atoms with Gasteiger partial charge in [-0.15, -0.1) is 10.2 Å². The molecule has 1 saturated heterocycles. The summed E-state index contributed by atoms with van der Waals surface area (Å²) in [7, 11) is 0. The van der Waals surface area contributed by atoms with Crippen molar-refractivity contribution in [3.05, 3.63) is 17.8 Å². The second kappa shape index (κ2) is 6.85. The molecule has 2 fully saturated rings. The summed E-state index contributed by atoms with van der Waals surface area (Å²) in [5.74, 6) is 1.57. The lowest BCUT2D eigenvalue weighted by Gasteiger charge is -2.20. The van der Waals surface area contributed by atoms with Gasteiger partial charge in [0.15, 0.2) is 11.5 Å². The third-order valence-corrected chi connectivity index (χ3v) is 4.08. The van der Waals surface area contributed by atoms with Crippen molar-refractivity contribution in [1.82, 2.24) is 20.8 Å². The van der Waals surface area contributed by atoms with Gasteiger partial charge in [0, 0.05) is 26.2 Å². The Morgan fingerprint density at radius 2 is 2.19 bits per heavy atom. The Bertz CT molecular complexity index is 463. The van der Waals surface area contributed by atoms with Gasteiger partial charge in [-0.2, -0.15) is 0 Å². The summed E-state index contributed by atoms with van der Waals surface area (Å²) in [6.45, 7) is 4.66. The molecule has 1 amide bonds. The third kappa shape index (κ3) is 4.14. The van der Waals surface area contributed by atoms with Gasteiger partial charge in [-0.05, 0) is 37.4 Å². The van der Waals surface area contributed by atoms with Crippen LogP contribution in [-0.4, -0.2) is 48.8 Å². The molecule has 0 aromatic carbocycles. The number of anilines is 1. The first-order valence-electron chi connectivity index (χ1n) is 7.90. The van der Waals surface area contributed by atoms with Crippen molar-refractivity contribution in [3.8, 4) is 0 Å². The number of nitrogens with one attached hydrogen (secondary N) is 2. The molecule has 0 atom stereocenters. The summed E-state index contributed by atoms with van der Waals surface area (Å²) in [6, 6.07) is 3.67. The number of carbonyl (C=O) groups is 1. The Balaban J connectivity index is 1.53. The van der Waals surface area contributed by atoms with E-state index in [0.717, 1.165) is 57.3 Å². The zero-order chi connectivity index (χ0) is 14.5. The lowest BCUT2D eigenvalue weighted by atomic mass is 10.3. The first-order chi connectivity index (χ1) is 10.3. The highest BCUT2D eigenvalue weighted by Gasteiger charge is 2.21. The molecule has 6 heteroatoms. The van der Waals surface area contributed by atoms with Crippen LogP contribution in [0.15, 0.2) is 12.1 Å². The molecule has 2 heterocycles. The summed E-state index contributed by atoms with van der Waals surface area (Å²) in [4.78, 5) is 14.2. The summed E-state index contributed by atoms with van der Waals surface area (Å²) in [5.41, 5.74) is 0.405. The Hall–Kier alpha value is -1.69. The van der Waals surface area contributed by atoms with Gasteiger partial charge in [-0.25, -0.2) is 0 Å². The summed E-state index contributed by atoms with van der Waals surface area (Å²) in [5, 5.41) is 14.6. The molecule has 1 saturated carbocycles. The summed E-state index contributed by atoms with van der Waals surface area (Å²) >= 11 is 0. The highest BCUT2D eigenvalue weighted by Crippen LogP contribution is 2.31. The van der Waals surface area contributed by atoms with Crippen molar-refractivity contribution in [2.45, 2.75) is 25.7 Å². The van der Waals surface area contributed by atoms with Crippen molar-refractivity contribution in [2.24, 2.45) is 5.92 Å². The fourth-order valence-corrected chi connectivity index (χ4v) is 2.58. The van der Waals surface area contributed by atoms with E-state index in [0.29, 0.717) is 5.69 Å². The summed E-state index contributed by atoms with van der Waals surface area (Å²) in [6.07, 6.45) is 4.81. The van der Waals surface area contributed by atoms with Crippen LogP contribution in [0.25, 0.3) is 0 Å². The molecule has 0 unspecified atom stereocenters. The van der Waals surface area contributed by atoms with Crippen LogP contribution in [0.3, 0.4) is 0 Å². The van der Waals surface area contributed by atoms with E-state index in [1.54, 1.807) is 6.07 Å². The molecule has 1 aromatic heterocycles. The van der Waals surface area contributed by atoms with Gasteiger partial charge in [0.1, 0.15) is 0 Å². The number of hydrogen-bond acceptors (Lipinski definition) is 5. The van der Waals surface area contributed by atoms with Gasteiger partial charge in [0.05, 0.1) is 0 Å². The number of aromatic nitrogens is 2. The van der Waals surface area contributed by atoms with E-state index in [1.807, 2.05) is 6.07 Å². The zero-order valence-corrected chi connectivity index (χ0v) is 12.3. The van der Waals surface area contributed by atoms with Crippen molar-refractivity contribution in [1.29, 1.82) is 0 Å². The maximum Gasteiger partial charge on any atom is 0.271 e. The molecule has 1 aromatic rings. The van der Waals surface area contributed by atoms with Crippen molar-refractivity contribution < 1.29 is 4.79 Å². The Kier molecular flexibility index (Phi) is 4.65. The molecule has 0 bridgehead atoms. The molecular formula is C15H23N5O. The second-order valence-electron chi connectivity index (χ2n) is 5.86. The van der Waals surface area contributed by atoms with Crippen LogP contribution < -0.4 is 15.5 Å². The van der Waals surface area contributed by atoms with Gasteiger partial charge in [-0.3, -0.25) is 4.79 Å². The van der Waals surface area contributed by atoms with Crippen molar-refractivity contribution >= 4 is 11.7 Å². The van der Waals surface area contributed by atoms with E-state index >= 15 is 0 Å². The van der Waals surface area contributed by atoms with Crippen LogP contribution in [0.1, 0.15) is 36.2 Å². The van der Waals surface area contributed by atoms with E-state index in [2.05, 4.69) is 25.7 Å². The molecule has 6 nitrogen and oxygen atoms in total. The van der Waals surface area contributed by atoms with Crippen LogP contribution in [-0.2, 0) is 0 Å². The smallest absolute Gasteiger partial charge is 0.271 e. The maximum absolute atomic E-state index is 12.0. The minimum absolute atomic E-state index is 0.118. The van der Waals surface area contributed by atoms with E-state index < -0.39 is 0 Å². The van der Waals surface area contributed by atoms with Crippen LogP contribution >= 0.6 is 0 Å². The molecule has 1 aliphatic carbocycles. The molecule has 2 N–H and O–H groups in total. The Morgan fingerprint density at radius 3 is 2.95 bits per heavy atom. The first-order valence-corrected chi connectivity index (χ1v) is 7.90. The Labute approximate surface area is 125 Å². The lowest BCUT2D eigenvalue weighted by Crippen LogP contribution is -2.30. The zero-order valence-electron chi connectivity index (χ0n) is 12.3. The molecule has 114 valence electrons. The number of amides is 1. The Morgan fingerprint density at radius 1 is 1.29 bits per heavy atom. The normalized spacial score (nSPS) is 19.1. The average Bonchev–Trinajstić information content (AvgIpc) is 3.34. The number of nitrogens with zero attached hydrogens (tertiary/aromatic N) is 3. The van der Waals surface area contributed by atoms with Crippen LogP contribution in [0.4, 0.5) is 5.82 Å². The van der Waals surface area contributed by atoms with Gasteiger partial charge in [0.25, 0.3) is 5.91 Å². The quantitative estimate of drug-likeness (QED) is 0.839. The van der Waals surface area contributed by atoms with Gasteiger partial charge in [-0.1, -0.05) is 12.8 Å². The second-order valence-corrected chi connectivity index (χ2v) is 5.86. The molecular weight excluding hydrogens is 266 g/mol. The highest BCUT2D eigenvalue weighted by molar-refractivity contribution is 5.92. The monoisotopic (exact) mass is 289 g/mol. The van der Waals surface area contributed by atoms with Crippen molar-refractivity contribution in [3.63, 3.8) is 0 Å². The summed E-state index contributed by atoms with van der Waals surface area (Å²) < 4.78 is 0. The van der Waals surface area contributed by atoms with E-state index in [4.69, 9.17) is 0 Å². The van der Waals surface area contributed by atoms with Gasteiger partial charge >= 0.3 is 0 Å². The third-order valence-electron chi connectivity index (χ3n) is 4.08. The van der Waals surface area contributed by atoms with E-state index in [1.165, 1.54) is 12.8 Å². The minimum atomic E-state index is -0.118. The highest BCUT2D eigenvalue weighted by atomic mass is 16.1. The molecule has 2 aliphatic rings. The van der Waals surface area contributed by atoms with E-state index in [9.17, 15) is 4.79 Å². The largest absolute Gasteiger partial charge is 0.354 e. The van der Waals surface area contributed by atoms with Gasteiger partial charge < -0.3 is 15.5 Å². The maximum atomic E-state index is 12.0. The molecule has 3 rings (SSSR count). The standard InChI is InChI=1S/C15H23N5O/c21-15(17-8-6-12-2-3-12)13-4-5-14(19-18-13)20-10-1-7-16-9-11-20/h4-5,12,16H,1-3,6-11H2,(H,17,21).